The lowest BCUT2D eigenvalue weighted by Gasteiger charge is -2.04. The van der Waals surface area contributed by atoms with Crippen LogP contribution in [-0.4, -0.2) is 40.0 Å². The van der Waals surface area contributed by atoms with E-state index in [0.29, 0.717) is 36.8 Å². The molecule has 0 fully saturated rings. The second-order valence-electron chi connectivity index (χ2n) is 6.36. The molecule has 142 valence electrons. The number of hydrogen-bond donors (Lipinski definition) is 1. The zero-order valence-electron chi connectivity index (χ0n) is 15.2. The van der Waals surface area contributed by atoms with Gasteiger partial charge in [0.2, 0.25) is 0 Å². The van der Waals surface area contributed by atoms with Gasteiger partial charge in [-0.3, -0.25) is 4.68 Å². The van der Waals surface area contributed by atoms with E-state index in [1.54, 1.807) is 34.6 Å². The molecular formula is C18H18FN9. The molecular weight excluding hydrogens is 361 g/mol. The number of nitrogen functional groups attached to an aromatic ring is 1. The van der Waals surface area contributed by atoms with Crippen molar-refractivity contribution >= 4 is 5.82 Å². The maximum atomic E-state index is 13.0. The van der Waals surface area contributed by atoms with Crippen LogP contribution in [0, 0.1) is 12.7 Å². The van der Waals surface area contributed by atoms with Gasteiger partial charge in [0, 0.05) is 36.5 Å². The van der Waals surface area contributed by atoms with Crippen molar-refractivity contribution in [3.63, 3.8) is 0 Å². The fourth-order valence-corrected chi connectivity index (χ4v) is 2.73. The normalized spacial score (nSPS) is 11.1. The monoisotopic (exact) mass is 379 g/mol. The molecule has 10 heteroatoms. The van der Waals surface area contributed by atoms with E-state index in [0.717, 1.165) is 16.8 Å². The highest BCUT2D eigenvalue weighted by Gasteiger charge is 2.08. The number of nitrogens with zero attached hydrogens (tertiary/aromatic N) is 8. The first-order chi connectivity index (χ1) is 13.6. The van der Waals surface area contributed by atoms with Gasteiger partial charge in [-0.15, -0.1) is 10.2 Å². The Morgan fingerprint density at radius 3 is 2.61 bits per heavy atom. The minimum atomic E-state index is -0.279. The van der Waals surface area contributed by atoms with E-state index < -0.39 is 0 Å². The van der Waals surface area contributed by atoms with Crippen LogP contribution in [0.3, 0.4) is 0 Å². The summed E-state index contributed by atoms with van der Waals surface area (Å²) in [6, 6.07) is 6.16. The Morgan fingerprint density at radius 1 is 1.04 bits per heavy atom. The fourth-order valence-electron chi connectivity index (χ4n) is 2.73. The van der Waals surface area contributed by atoms with Gasteiger partial charge in [-0.2, -0.15) is 0 Å². The van der Waals surface area contributed by atoms with Gasteiger partial charge in [-0.1, -0.05) is 10.4 Å². The van der Waals surface area contributed by atoms with Crippen LogP contribution in [0.4, 0.5) is 10.2 Å². The van der Waals surface area contributed by atoms with Gasteiger partial charge in [-0.05, 0) is 31.2 Å². The third kappa shape index (κ3) is 4.00. The number of aryl methyl sites for hydroxylation is 3. The Bertz CT molecular complexity index is 1080. The van der Waals surface area contributed by atoms with Gasteiger partial charge in [0.15, 0.2) is 0 Å². The average molecular weight is 379 g/mol. The minimum Gasteiger partial charge on any atom is -0.383 e. The largest absolute Gasteiger partial charge is 0.383 e. The van der Waals surface area contributed by atoms with Crippen LogP contribution < -0.4 is 5.73 Å². The molecule has 3 aromatic heterocycles. The second-order valence-corrected chi connectivity index (χ2v) is 6.36. The van der Waals surface area contributed by atoms with Crippen molar-refractivity contribution in [1.29, 1.82) is 0 Å². The third-order valence-corrected chi connectivity index (χ3v) is 4.21. The van der Waals surface area contributed by atoms with Gasteiger partial charge in [0.05, 0.1) is 18.4 Å². The summed E-state index contributed by atoms with van der Waals surface area (Å²) in [5.74, 6) is 0.798. The molecule has 0 unspecified atom stereocenters. The third-order valence-electron chi connectivity index (χ3n) is 4.21. The standard InChI is InChI=1S/C18H18FN9/c1-12-21-8-14(18(20)22-12)9-28-10-16(23-25-28)6-7-27-11-17(24-26-27)13-2-4-15(19)5-3-13/h2-5,8,10-11H,6-7,9H2,1H3,(H2,20,21,22). The molecule has 0 spiro atoms. The zero-order chi connectivity index (χ0) is 19.5. The first kappa shape index (κ1) is 17.7. The number of nitrogens with two attached hydrogens (primary N) is 1. The van der Waals surface area contributed by atoms with E-state index in [2.05, 4.69) is 30.6 Å². The van der Waals surface area contributed by atoms with Gasteiger partial charge >= 0.3 is 0 Å². The lowest BCUT2D eigenvalue weighted by Crippen LogP contribution is -2.07. The number of anilines is 1. The number of benzene rings is 1. The van der Waals surface area contributed by atoms with Crippen LogP contribution in [0.1, 0.15) is 17.1 Å². The molecule has 28 heavy (non-hydrogen) atoms. The van der Waals surface area contributed by atoms with Gasteiger partial charge < -0.3 is 5.73 Å². The Morgan fingerprint density at radius 2 is 1.82 bits per heavy atom. The average Bonchev–Trinajstić information content (AvgIpc) is 3.32. The number of rotatable bonds is 6. The Balaban J connectivity index is 1.37. The summed E-state index contributed by atoms with van der Waals surface area (Å²) in [5, 5.41) is 16.5. The van der Waals surface area contributed by atoms with E-state index >= 15 is 0 Å². The quantitative estimate of drug-likeness (QED) is 0.542. The highest BCUT2D eigenvalue weighted by Crippen LogP contribution is 2.16. The van der Waals surface area contributed by atoms with E-state index in [-0.39, 0.29) is 5.82 Å². The second kappa shape index (κ2) is 7.51. The molecule has 4 rings (SSSR count). The maximum absolute atomic E-state index is 13.0. The van der Waals surface area contributed by atoms with Crippen molar-refractivity contribution in [1.82, 2.24) is 40.0 Å². The van der Waals surface area contributed by atoms with E-state index in [9.17, 15) is 4.39 Å². The highest BCUT2D eigenvalue weighted by atomic mass is 19.1. The predicted octanol–water partition coefficient (Wildman–Crippen LogP) is 1.65. The molecule has 3 heterocycles. The summed E-state index contributed by atoms with van der Waals surface area (Å²) in [6.45, 7) is 2.85. The number of halogens is 1. The molecule has 0 amide bonds. The van der Waals surface area contributed by atoms with Gasteiger partial charge in [0.25, 0.3) is 0 Å². The smallest absolute Gasteiger partial charge is 0.132 e. The van der Waals surface area contributed by atoms with Gasteiger partial charge in [-0.25, -0.2) is 19.0 Å². The molecule has 1 aromatic carbocycles. The SMILES string of the molecule is Cc1ncc(Cn2cc(CCn3cc(-c4ccc(F)cc4)nn3)nn2)c(N)n1. The summed E-state index contributed by atoms with van der Waals surface area (Å²) in [7, 11) is 0. The molecule has 0 saturated heterocycles. The van der Waals surface area contributed by atoms with E-state index in [1.807, 2.05) is 12.4 Å². The van der Waals surface area contributed by atoms with Crippen LogP contribution in [0.2, 0.25) is 0 Å². The van der Waals surface area contributed by atoms with Crippen molar-refractivity contribution < 1.29 is 4.39 Å². The van der Waals surface area contributed by atoms with Crippen molar-refractivity contribution in [3.05, 3.63) is 65.8 Å². The Labute approximate surface area is 160 Å². The first-order valence-electron chi connectivity index (χ1n) is 8.70. The van der Waals surface area contributed by atoms with Gasteiger partial charge in [0.1, 0.15) is 23.2 Å². The lowest BCUT2D eigenvalue weighted by atomic mass is 10.2. The molecule has 9 nitrogen and oxygen atoms in total. The Hall–Kier alpha value is -3.69. The van der Waals surface area contributed by atoms with Crippen LogP contribution in [-0.2, 0) is 19.5 Å². The highest BCUT2D eigenvalue weighted by molar-refractivity contribution is 5.57. The maximum Gasteiger partial charge on any atom is 0.132 e. The summed E-state index contributed by atoms with van der Waals surface area (Å²) in [4.78, 5) is 8.31. The molecule has 0 aliphatic carbocycles. The predicted molar refractivity (Wildman–Crippen MR) is 99.4 cm³/mol. The van der Waals surface area contributed by atoms with Crippen molar-refractivity contribution in [2.24, 2.45) is 0 Å². The van der Waals surface area contributed by atoms with Crippen molar-refractivity contribution in [3.8, 4) is 11.3 Å². The summed E-state index contributed by atoms with van der Waals surface area (Å²) >= 11 is 0. The number of aromatic nitrogens is 8. The fraction of sp³-hybridized carbons (Fsp3) is 0.222. The van der Waals surface area contributed by atoms with Crippen molar-refractivity contribution in [2.75, 3.05) is 5.73 Å². The van der Waals surface area contributed by atoms with Crippen LogP contribution >= 0.6 is 0 Å². The molecule has 0 saturated carbocycles. The van der Waals surface area contributed by atoms with Crippen LogP contribution in [0.15, 0.2) is 42.9 Å². The molecule has 0 aliphatic rings. The first-order valence-corrected chi connectivity index (χ1v) is 8.70. The van der Waals surface area contributed by atoms with E-state index in [4.69, 9.17) is 5.73 Å². The van der Waals surface area contributed by atoms with Crippen LogP contribution in [0.25, 0.3) is 11.3 Å². The molecule has 0 atom stereocenters. The van der Waals surface area contributed by atoms with Crippen LogP contribution in [0.5, 0.6) is 0 Å². The molecule has 4 aromatic rings. The van der Waals surface area contributed by atoms with E-state index in [1.165, 1.54) is 12.1 Å². The van der Waals surface area contributed by atoms with Crippen molar-refractivity contribution in [2.45, 2.75) is 26.4 Å². The molecule has 0 aliphatic heterocycles. The Kier molecular flexibility index (Phi) is 4.75. The molecule has 2 N–H and O–H groups in total. The summed E-state index contributed by atoms with van der Waals surface area (Å²) < 4.78 is 16.5. The minimum absolute atomic E-state index is 0.279. The summed E-state index contributed by atoms with van der Waals surface area (Å²) in [6.07, 6.45) is 6.02. The summed E-state index contributed by atoms with van der Waals surface area (Å²) in [5.41, 5.74) is 9.04. The number of hydrogen-bond acceptors (Lipinski definition) is 7. The molecule has 0 radical (unpaired) electrons. The molecule has 0 bridgehead atoms. The topological polar surface area (TPSA) is 113 Å². The lowest BCUT2D eigenvalue weighted by molar-refractivity contribution is 0.583. The zero-order valence-corrected chi connectivity index (χ0v) is 15.2.